The molecule has 1 aromatic heterocycles. The van der Waals surface area contributed by atoms with Crippen molar-refractivity contribution in [2.75, 3.05) is 24.7 Å². The smallest absolute Gasteiger partial charge is 0.224 e. The van der Waals surface area contributed by atoms with Crippen molar-refractivity contribution in [2.45, 2.75) is 25.8 Å². The largest absolute Gasteiger partial charge is 0.377 e. The van der Waals surface area contributed by atoms with Crippen molar-refractivity contribution in [1.29, 1.82) is 0 Å². The quantitative estimate of drug-likeness (QED) is 0.756. The third kappa shape index (κ3) is 2.38. The van der Waals surface area contributed by atoms with E-state index in [9.17, 15) is 0 Å². The van der Waals surface area contributed by atoms with Crippen molar-refractivity contribution in [1.82, 2.24) is 9.97 Å². The fourth-order valence-electron chi connectivity index (χ4n) is 2.12. The van der Waals surface area contributed by atoms with Crippen LogP contribution >= 0.6 is 11.6 Å². The molecule has 0 aromatic carbocycles. The minimum Gasteiger partial charge on any atom is -0.377 e. The molecular formula is C12H15ClN3O. The van der Waals surface area contributed by atoms with E-state index in [1.54, 1.807) is 0 Å². The summed E-state index contributed by atoms with van der Waals surface area (Å²) in [6.45, 7) is 4.49. The van der Waals surface area contributed by atoms with Crippen LogP contribution in [0.25, 0.3) is 0 Å². The predicted octanol–water partition coefficient (Wildman–Crippen LogP) is 2.07. The highest BCUT2D eigenvalue weighted by molar-refractivity contribution is 6.28. The van der Waals surface area contributed by atoms with Gasteiger partial charge in [-0.3, -0.25) is 0 Å². The highest BCUT2D eigenvalue weighted by atomic mass is 35.5. The lowest BCUT2D eigenvalue weighted by molar-refractivity contribution is 0.0985. The number of anilines is 1. The SMILES string of the molecule is C[C@@H]1COCCN1c1cc([C]2CC2)nc(Cl)n1. The van der Waals surface area contributed by atoms with Gasteiger partial charge in [-0.1, -0.05) is 0 Å². The molecule has 0 unspecified atom stereocenters. The second-order valence-electron chi connectivity index (χ2n) is 4.60. The molecule has 3 rings (SSSR count). The molecule has 1 radical (unpaired) electrons. The van der Waals surface area contributed by atoms with E-state index in [-0.39, 0.29) is 0 Å². The van der Waals surface area contributed by atoms with Crippen LogP contribution in [0.15, 0.2) is 6.07 Å². The molecule has 0 amide bonds. The van der Waals surface area contributed by atoms with Gasteiger partial charge in [0.1, 0.15) is 5.82 Å². The lowest BCUT2D eigenvalue weighted by atomic mass is 10.2. The third-order valence-electron chi connectivity index (χ3n) is 3.21. The molecule has 0 N–H and O–H groups in total. The molecule has 2 fully saturated rings. The van der Waals surface area contributed by atoms with Crippen molar-refractivity contribution >= 4 is 17.4 Å². The van der Waals surface area contributed by atoms with E-state index in [4.69, 9.17) is 16.3 Å². The van der Waals surface area contributed by atoms with Crippen LogP contribution in [0, 0.1) is 5.92 Å². The highest BCUT2D eigenvalue weighted by Crippen LogP contribution is 2.39. The van der Waals surface area contributed by atoms with E-state index >= 15 is 0 Å². The maximum Gasteiger partial charge on any atom is 0.224 e. The Kier molecular flexibility index (Phi) is 2.92. The summed E-state index contributed by atoms with van der Waals surface area (Å²) in [5.74, 6) is 2.31. The van der Waals surface area contributed by atoms with Crippen LogP contribution in [0.5, 0.6) is 0 Å². The van der Waals surface area contributed by atoms with Gasteiger partial charge in [0.15, 0.2) is 0 Å². The van der Waals surface area contributed by atoms with Gasteiger partial charge in [0.2, 0.25) is 5.28 Å². The second-order valence-corrected chi connectivity index (χ2v) is 4.94. The summed E-state index contributed by atoms with van der Waals surface area (Å²) < 4.78 is 5.43. The summed E-state index contributed by atoms with van der Waals surface area (Å²) in [6.07, 6.45) is 2.29. The van der Waals surface area contributed by atoms with Gasteiger partial charge in [0.05, 0.1) is 24.9 Å². The standard InChI is InChI=1S/C12H15ClN3O/c1-8-7-17-5-4-16(8)11-6-10(9-2-3-9)14-12(13)15-11/h6,8H,2-5,7H2,1H3/t8-/m1/s1. The number of hydrogen-bond acceptors (Lipinski definition) is 4. The molecule has 2 heterocycles. The summed E-state index contributed by atoms with van der Waals surface area (Å²) in [4.78, 5) is 10.8. The Balaban J connectivity index is 1.90. The first-order valence-corrected chi connectivity index (χ1v) is 6.36. The molecule has 1 atom stereocenters. The van der Waals surface area contributed by atoms with Gasteiger partial charge in [-0.25, -0.2) is 9.97 Å². The fourth-order valence-corrected chi connectivity index (χ4v) is 2.30. The van der Waals surface area contributed by atoms with Crippen LogP contribution in [0.4, 0.5) is 5.82 Å². The minimum absolute atomic E-state index is 0.340. The van der Waals surface area contributed by atoms with Gasteiger partial charge >= 0.3 is 0 Å². The summed E-state index contributed by atoms with van der Waals surface area (Å²) in [5, 5.41) is 0.343. The van der Waals surface area contributed by atoms with E-state index in [1.807, 2.05) is 0 Å². The molecular weight excluding hydrogens is 238 g/mol. The molecule has 0 spiro atoms. The van der Waals surface area contributed by atoms with E-state index in [0.717, 1.165) is 44.1 Å². The number of halogens is 1. The Labute approximate surface area is 106 Å². The average molecular weight is 253 g/mol. The second kappa shape index (κ2) is 4.42. The molecule has 0 bridgehead atoms. The van der Waals surface area contributed by atoms with Gasteiger partial charge in [-0.05, 0) is 31.4 Å². The van der Waals surface area contributed by atoms with Crippen LogP contribution in [0.3, 0.4) is 0 Å². The molecule has 1 aromatic rings. The first kappa shape index (κ1) is 11.2. The molecule has 5 heteroatoms. The first-order chi connectivity index (χ1) is 8.24. The van der Waals surface area contributed by atoms with Crippen LogP contribution < -0.4 is 4.90 Å². The lowest BCUT2D eigenvalue weighted by Gasteiger charge is -2.34. The monoisotopic (exact) mass is 252 g/mol. The maximum absolute atomic E-state index is 6.00. The Hall–Kier alpha value is -0.870. The van der Waals surface area contributed by atoms with Crippen LogP contribution in [-0.2, 0) is 4.74 Å². The van der Waals surface area contributed by atoms with E-state index in [2.05, 4.69) is 27.9 Å². The van der Waals surface area contributed by atoms with Gasteiger partial charge in [0.25, 0.3) is 0 Å². The van der Waals surface area contributed by atoms with E-state index in [0.29, 0.717) is 11.3 Å². The average Bonchev–Trinajstić information content (AvgIpc) is 3.12. The zero-order valence-corrected chi connectivity index (χ0v) is 10.6. The Morgan fingerprint density at radius 2 is 2.24 bits per heavy atom. The van der Waals surface area contributed by atoms with Crippen molar-refractivity contribution in [3.63, 3.8) is 0 Å². The molecule has 2 aliphatic rings. The molecule has 1 saturated heterocycles. The summed E-state index contributed by atoms with van der Waals surface area (Å²) >= 11 is 6.00. The molecule has 1 saturated carbocycles. The van der Waals surface area contributed by atoms with Crippen molar-refractivity contribution in [3.8, 4) is 0 Å². The van der Waals surface area contributed by atoms with Crippen LogP contribution in [0.2, 0.25) is 5.28 Å². The number of morpholine rings is 1. The molecule has 17 heavy (non-hydrogen) atoms. The lowest BCUT2D eigenvalue weighted by Crippen LogP contribution is -2.44. The van der Waals surface area contributed by atoms with Crippen LogP contribution in [0.1, 0.15) is 25.5 Å². The fraction of sp³-hybridized carbons (Fsp3) is 0.583. The molecule has 4 nitrogen and oxygen atoms in total. The first-order valence-electron chi connectivity index (χ1n) is 5.98. The van der Waals surface area contributed by atoms with Crippen molar-refractivity contribution in [3.05, 3.63) is 23.0 Å². The Bertz CT molecular complexity index is 422. The number of ether oxygens (including phenoxy) is 1. The number of hydrogen-bond donors (Lipinski definition) is 0. The zero-order valence-electron chi connectivity index (χ0n) is 9.82. The number of nitrogens with zero attached hydrogens (tertiary/aromatic N) is 3. The Morgan fingerprint density at radius 3 is 2.94 bits per heavy atom. The van der Waals surface area contributed by atoms with Crippen LogP contribution in [-0.4, -0.2) is 35.8 Å². The van der Waals surface area contributed by atoms with Crippen molar-refractivity contribution < 1.29 is 4.74 Å². The summed E-state index contributed by atoms with van der Waals surface area (Å²) in [7, 11) is 0. The van der Waals surface area contributed by atoms with E-state index < -0.39 is 0 Å². The van der Waals surface area contributed by atoms with Gasteiger partial charge in [-0.2, -0.15) is 0 Å². The third-order valence-corrected chi connectivity index (χ3v) is 3.38. The van der Waals surface area contributed by atoms with Gasteiger partial charge in [-0.15, -0.1) is 0 Å². The van der Waals surface area contributed by atoms with E-state index in [1.165, 1.54) is 5.92 Å². The summed E-state index contributed by atoms with van der Waals surface area (Å²) in [5.41, 5.74) is 1.01. The highest BCUT2D eigenvalue weighted by Gasteiger charge is 2.28. The Morgan fingerprint density at radius 1 is 1.41 bits per heavy atom. The zero-order chi connectivity index (χ0) is 11.8. The molecule has 1 aliphatic carbocycles. The van der Waals surface area contributed by atoms with Gasteiger partial charge < -0.3 is 9.64 Å². The van der Waals surface area contributed by atoms with Gasteiger partial charge in [0, 0.05) is 18.5 Å². The molecule has 1 aliphatic heterocycles. The molecule has 91 valence electrons. The number of rotatable bonds is 2. The maximum atomic E-state index is 6.00. The predicted molar refractivity (Wildman–Crippen MR) is 66.2 cm³/mol. The van der Waals surface area contributed by atoms with Crippen molar-refractivity contribution in [2.24, 2.45) is 0 Å². The normalized spacial score (nSPS) is 25.1. The minimum atomic E-state index is 0.340. The topological polar surface area (TPSA) is 38.2 Å². The number of aromatic nitrogens is 2. The summed E-state index contributed by atoms with van der Waals surface area (Å²) in [6, 6.07) is 2.39.